The molecule has 2 aromatic carbocycles. The molecule has 0 aromatic heterocycles. The molecule has 0 unspecified atom stereocenters. The number of benzene rings is 2. The average molecular weight is 436 g/mol. The Morgan fingerprint density at radius 3 is 2.44 bits per heavy atom. The first-order valence-corrected chi connectivity index (χ1v) is 8.62. The molecule has 3 N–H and O–H groups in total. The number of amides is 3. The van der Waals surface area contributed by atoms with Crippen LogP contribution in [0.4, 0.5) is 5.69 Å². The van der Waals surface area contributed by atoms with E-state index in [1.807, 2.05) is 24.5 Å². The van der Waals surface area contributed by atoms with E-state index in [1.165, 1.54) is 7.11 Å². The molecule has 3 amide bonds. The highest BCUT2D eigenvalue weighted by Crippen LogP contribution is 2.25. The Morgan fingerprint density at radius 2 is 1.74 bits per heavy atom. The summed E-state index contributed by atoms with van der Waals surface area (Å²) in [4.78, 5) is 35.4. The molecule has 0 radical (unpaired) electrons. The lowest BCUT2D eigenvalue weighted by Gasteiger charge is -2.11. The fourth-order valence-electron chi connectivity index (χ4n) is 2.01. The van der Waals surface area contributed by atoms with Gasteiger partial charge in [-0.3, -0.25) is 25.2 Å². The summed E-state index contributed by atoms with van der Waals surface area (Å²) in [6.45, 7) is 1.59. The molecule has 0 aliphatic rings. The Balaban J connectivity index is 1.80. The summed E-state index contributed by atoms with van der Waals surface area (Å²) in [5.74, 6) is -1.73. The molecular weight excluding hydrogens is 418 g/mol. The van der Waals surface area contributed by atoms with Crippen LogP contribution in [0.5, 0.6) is 11.5 Å². The first-order valence-electron chi connectivity index (χ1n) is 7.83. The molecule has 2 rings (SSSR count). The molecule has 8 nitrogen and oxygen atoms in total. The van der Waals surface area contributed by atoms with E-state index in [0.717, 1.165) is 5.56 Å². The van der Waals surface area contributed by atoms with Crippen LogP contribution >= 0.6 is 15.9 Å². The third-order valence-corrected chi connectivity index (χ3v) is 3.94. The lowest BCUT2D eigenvalue weighted by Crippen LogP contribution is -2.48. The maximum absolute atomic E-state index is 11.9. The average Bonchev–Trinajstić information content (AvgIpc) is 2.65. The second-order valence-electron chi connectivity index (χ2n) is 5.38. The van der Waals surface area contributed by atoms with Crippen LogP contribution in [0.25, 0.3) is 0 Å². The standard InChI is InChI=1S/C18H18BrN3O5/c1-11-7-8-14(12(19)9-11)27-10-16(23)21-22-18(25)17(24)20-13-5-3-4-6-15(13)26-2/h3-9H,10H2,1-2H3,(H,20,24)(H,21,23)(H,22,25). The molecule has 0 aliphatic carbocycles. The second kappa shape index (κ2) is 9.58. The van der Waals surface area contributed by atoms with Crippen LogP contribution in [0, 0.1) is 6.92 Å². The van der Waals surface area contributed by atoms with Gasteiger partial charge in [-0.2, -0.15) is 0 Å². The van der Waals surface area contributed by atoms with Crippen molar-refractivity contribution in [2.24, 2.45) is 0 Å². The van der Waals surface area contributed by atoms with E-state index in [0.29, 0.717) is 21.7 Å². The predicted octanol–water partition coefficient (Wildman–Crippen LogP) is 1.93. The van der Waals surface area contributed by atoms with Crippen molar-refractivity contribution in [3.8, 4) is 11.5 Å². The number of carbonyl (C=O) groups is 3. The van der Waals surface area contributed by atoms with E-state index >= 15 is 0 Å². The topological polar surface area (TPSA) is 106 Å². The molecule has 142 valence electrons. The van der Waals surface area contributed by atoms with Crippen LogP contribution in [0.2, 0.25) is 0 Å². The highest BCUT2D eigenvalue weighted by Gasteiger charge is 2.16. The molecule has 9 heteroatoms. The second-order valence-corrected chi connectivity index (χ2v) is 6.23. The van der Waals surface area contributed by atoms with Crippen LogP contribution in [-0.4, -0.2) is 31.4 Å². The SMILES string of the molecule is COc1ccccc1NC(=O)C(=O)NNC(=O)COc1ccc(C)cc1Br. The Bertz CT molecular complexity index is 857. The van der Waals surface area contributed by atoms with Crippen molar-refractivity contribution >= 4 is 39.3 Å². The molecule has 0 fully saturated rings. The molecule has 0 aliphatic heterocycles. The monoisotopic (exact) mass is 435 g/mol. The zero-order chi connectivity index (χ0) is 19.8. The number of para-hydroxylation sites is 2. The number of carbonyl (C=O) groups excluding carboxylic acids is 3. The van der Waals surface area contributed by atoms with Crippen LogP contribution in [0.3, 0.4) is 0 Å². The highest BCUT2D eigenvalue weighted by atomic mass is 79.9. The van der Waals surface area contributed by atoms with Crippen molar-refractivity contribution in [3.63, 3.8) is 0 Å². The number of aryl methyl sites for hydroxylation is 1. The maximum atomic E-state index is 11.9. The van der Waals surface area contributed by atoms with Gasteiger partial charge in [0.1, 0.15) is 11.5 Å². The molecular formula is C18H18BrN3O5. The fraction of sp³-hybridized carbons (Fsp3) is 0.167. The highest BCUT2D eigenvalue weighted by molar-refractivity contribution is 9.10. The number of nitrogens with one attached hydrogen (secondary N) is 3. The lowest BCUT2D eigenvalue weighted by atomic mass is 10.2. The summed E-state index contributed by atoms with van der Waals surface area (Å²) >= 11 is 3.33. The molecule has 0 atom stereocenters. The van der Waals surface area contributed by atoms with Crippen LogP contribution in [0.1, 0.15) is 5.56 Å². The van der Waals surface area contributed by atoms with E-state index < -0.39 is 17.7 Å². The van der Waals surface area contributed by atoms with E-state index in [4.69, 9.17) is 9.47 Å². The number of rotatable bonds is 5. The molecule has 27 heavy (non-hydrogen) atoms. The zero-order valence-electron chi connectivity index (χ0n) is 14.7. The summed E-state index contributed by atoms with van der Waals surface area (Å²) in [5, 5.41) is 2.39. The number of hydrogen-bond donors (Lipinski definition) is 3. The Labute approximate surface area is 164 Å². The van der Waals surface area contributed by atoms with Gasteiger partial charge < -0.3 is 14.8 Å². The Morgan fingerprint density at radius 1 is 1.00 bits per heavy atom. The lowest BCUT2D eigenvalue weighted by molar-refractivity contribution is -0.138. The van der Waals surface area contributed by atoms with E-state index in [1.54, 1.807) is 30.3 Å². The van der Waals surface area contributed by atoms with Crippen molar-refractivity contribution in [1.82, 2.24) is 10.9 Å². The summed E-state index contributed by atoms with van der Waals surface area (Å²) in [6, 6.07) is 12.0. The van der Waals surface area contributed by atoms with E-state index in [9.17, 15) is 14.4 Å². The van der Waals surface area contributed by atoms with E-state index in [-0.39, 0.29) is 6.61 Å². The van der Waals surface area contributed by atoms with Crippen molar-refractivity contribution in [2.45, 2.75) is 6.92 Å². The fourth-order valence-corrected chi connectivity index (χ4v) is 2.62. The number of methoxy groups -OCH3 is 1. The molecule has 0 bridgehead atoms. The van der Waals surface area contributed by atoms with Gasteiger partial charge in [0.05, 0.1) is 17.3 Å². The van der Waals surface area contributed by atoms with Gasteiger partial charge in [0, 0.05) is 0 Å². The molecule has 0 heterocycles. The van der Waals surface area contributed by atoms with Gasteiger partial charge in [0.2, 0.25) is 0 Å². The van der Waals surface area contributed by atoms with Gasteiger partial charge >= 0.3 is 11.8 Å². The molecule has 0 saturated heterocycles. The van der Waals surface area contributed by atoms with E-state index in [2.05, 4.69) is 26.7 Å². The van der Waals surface area contributed by atoms with Gasteiger partial charge in [-0.05, 0) is 52.7 Å². The van der Waals surface area contributed by atoms with Crippen molar-refractivity contribution in [3.05, 3.63) is 52.5 Å². The van der Waals surface area contributed by atoms with Crippen LogP contribution in [-0.2, 0) is 14.4 Å². The Kier molecular flexibility index (Phi) is 7.18. The van der Waals surface area contributed by atoms with Crippen LogP contribution in [0.15, 0.2) is 46.9 Å². The molecule has 0 spiro atoms. The van der Waals surface area contributed by atoms with Gasteiger partial charge in [0.15, 0.2) is 6.61 Å². The predicted molar refractivity (Wildman–Crippen MR) is 102 cm³/mol. The number of hydrazine groups is 1. The first kappa shape index (κ1) is 20.2. The minimum Gasteiger partial charge on any atom is -0.495 e. The number of ether oxygens (including phenoxy) is 2. The molecule has 0 saturated carbocycles. The van der Waals surface area contributed by atoms with Gasteiger partial charge in [-0.25, -0.2) is 0 Å². The van der Waals surface area contributed by atoms with Crippen molar-refractivity contribution in [2.75, 3.05) is 19.0 Å². The largest absolute Gasteiger partial charge is 0.495 e. The van der Waals surface area contributed by atoms with Gasteiger partial charge in [-0.15, -0.1) is 0 Å². The summed E-state index contributed by atoms with van der Waals surface area (Å²) in [6.07, 6.45) is 0. The summed E-state index contributed by atoms with van der Waals surface area (Å²) in [5.41, 5.74) is 5.49. The third-order valence-electron chi connectivity index (χ3n) is 3.32. The van der Waals surface area contributed by atoms with Crippen molar-refractivity contribution < 1.29 is 23.9 Å². The van der Waals surface area contributed by atoms with Crippen LogP contribution < -0.4 is 25.6 Å². The summed E-state index contributed by atoms with van der Waals surface area (Å²) < 4.78 is 11.1. The number of hydrogen-bond acceptors (Lipinski definition) is 5. The minimum absolute atomic E-state index is 0.332. The normalized spacial score (nSPS) is 9.89. The number of halogens is 1. The van der Waals surface area contributed by atoms with Gasteiger partial charge in [-0.1, -0.05) is 18.2 Å². The minimum atomic E-state index is -1.04. The van der Waals surface area contributed by atoms with Crippen molar-refractivity contribution in [1.29, 1.82) is 0 Å². The van der Waals surface area contributed by atoms with Gasteiger partial charge in [0.25, 0.3) is 5.91 Å². The third kappa shape index (κ3) is 6.00. The zero-order valence-corrected chi connectivity index (χ0v) is 16.3. The smallest absolute Gasteiger partial charge is 0.328 e. The summed E-state index contributed by atoms with van der Waals surface area (Å²) in [7, 11) is 1.44. The molecule has 2 aromatic rings. The quantitative estimate of drug-likeness (QED) is 0.491. The maximum Gasteiger partial charge on any atom is 0.328 e. The Hall–Kier alpha value is -3.07. The number of anilines is 1. The first-order chi connectivity index (χ1) is 12.9.